The minimum atomic E-state index is 0.245. The fraction of sp³-hybridized carbons (Fsp3) is 0.273. The summed E-state index contributed by atoms with van der Waals surface area (Å²) in [7, 11) is 0. The molecule has 0 amide bonds. The van der Waals surface area contributed by atoms with Crippen LogP contribution in [-0.4, -0.2) is 26.5 Å². The number of nitrogens with two attached hydrogens (primary N) is 1. The highest BCUT2D eigenvalue weighted by Crippen LogP contribution is 2.24. The van der Waals surface area contributed by atoms with Crippen molar-refractivity contribution in [2.75, 3.05) is 17.6 Å². The Morgan fingerprint density at radius 1 is 1.28 bits per heavy atom. The molecule has 2 heterocycles. The van der Waals surface area contributed by atoms with Crippen molar-refractivity contribution in [2.45, 2.75) is 23.5 Å². The molecule has 2 aromatic heterocycles. The summed E-state index contributed by atoms with van der Waals surface area (Å²) in [6.07, 6.45) is 4.40. The van der Waals surface area contributed by atoms with Crippen LogP contribution in [0.25, 0.3) is 0 Å². The molecule has 2 rings (SSSR count). The lowest BCUT2D eigenvalue weighted by atomic mass is 10.4. The monoisotopic (exact) mass is 262 g/mol. The normalized spacial score (nSPS) is 10.3. The molecule has 0 saturated heterocycles. The Kier molecular flexibility index (Phi) is 4.30. The number of hydrogen-bond donors (Lipinski definition) is 2. The van der Waals surface area contributed by atoms with Crippen LogP contribution >= 0.6 is 11.8 Å². The van der Waals surface area contributed by atoms with Crippen molar-refractivity contribution in [2.24, 2.45) is 0 Å². The van der Waals surface area contributed by atoms with E-state index in [1.807, 2.05) is 6.07 Å². The molecule has 18 heavy (non-hydrogen) atoms. The largest absolute Gasteiger partial charge is 0.370 e. The van der Waals surface area contributed by atoms with Gasteiger partial charge in [0, 0.05) is 25.0 Å². The summed E-state index contributed by atoms with van der Waals surface area (Å²) < 4.78 is 0. The van der Waals surface area contributed by atoms with E-state index in [-0.39, 0.29) is 5.95 Å². The molecule has 0 aliphatic heterocycles. The van der Waals surface area contributed by atoms with Crippen LogP contribution in [0, 0.1) is 0 Å². The highest BCUT2D eigenvalue weighted by molar-refractivity contribution is 7.99. The molecule has 0 aliphatic carbocycles. The first-order valence-corrected chi connectivity index (χ1v) is 6.43. The summed E-state index contributed by atoms with van der Waals surface area (Å²) in [5.74, 6) is 0.970. The van der Waals surface area contributed by atoms with Gasteiger partial charge in [-0.2, -0.15) is 4.98 Å². The van der Waals surface area contributed by atoms with Crippen LogP contribution in [0.3, 0.4) is 0 Å². The molecule has 0 radical (unpaired) electrons. The molecule has 0 aliphatic rings. The average molecular weight is 262 g/mol. The standard InChI is InChI=1S/C11H14N6S/c1-2-4-13-8-7-9(17-10(12)16-8)18-11-14-5-3-6-15-11/h3,5-7H,2,4H2,1H3,(H3,12,13,16,17). The number of anilines is 2. The number of aromatic nitrogens is 4. The van der Waals surface area contributed by atoms with Crippen molar-refractivity contribution in [3.05, 3.63) is 24.5 Å². The minimum absolute atomic E-state index is 0.245. The van der Waals surface area contributed by atoms with Crippen molar-refractivity contribution in [3.8, 4) is 0 Å². The van der Waals surface area contributed by atoms with E-state index >= 15 is 0 Å². The lowest BCUT2D eigenvalue weighted by Gasteiger charge is -2.06. The van der Waals surface area contributed by atoms with Gasteiger partial charge in [-0.3, -0.25) is 0 Å². The fourth-order valence-corrected chi connectivity index (χ4v) is 1.99. The number of rotatable bonds is 5. The average Bonchev–Trinajstić information content (AvgIpc) is 2.37. The lowest BCUT2D eigenvalue weighted by Crippen LogP contribution is -2.05. The van der Waals surface area contributed by atoms with Crippen molar-refractivity contribution in [1.82, 2.24) is 19.9 Å². The van der Waals surface area contributed by atoms with Crippen LogP contribution in [0.15, 0.2) is 34.7 Å². The summed E-state index contributed by atoms with van der Waals surface area (Å²) >= 11 is 1.36. The Labute approximate surface area is 109 Å². The van der Waals surface area contributed by atoms with Gasteiger partial charge in [-0.25, -0.2) is 15.0 Å². The van der Waals surface area contributed by atoms with Crippen LogP contribution in [-0.2, 0) is 0 Å². The highest BCUT2D eigenvalue weighted by Gasteiger charge is 2.05. The maximum Gasteiger partial charge on any atom is 0.223 e. The third-order valence-electron chi connectivity index (χ3n) is 2.01. The molecule has 0 bridgehead atoms. The van der Waals surface area contributed by atoms with Gasteiger partial charge in [0.05, 0.1) is 0 Å². The van der Waals surface area contributed by atoms with E-state index in [1.165, 1.54) is 11.8 Å². The molecule has 0 saturated carbocycles. The molecule has 0 atom stereocenters. The number of nitrogens with zero attached hydrogens (tertiary/aromatic N) is 4. The second-order valence-corrected chi connectivity index (χ2v) is 4.50. The Balaban J connectivity index is 2.15. The van der Waals surface area contributed by atoms with Gasteiger partial charge in [0.25, 0.3) is 0 Å². The maximum absolute atomic E-state index is 5.67. The van der Waals surface area contributed by atoms with Crippen LogP contribution in [0.5, 0.6) is 0 Å². The predicted octanol–water partition coefficient (Wildman–Crippen LogP) is 1.82. The zero-order chi connectivity index (χ0) is 12.8. The Morgan fingerprint density at radius 2 is 2.06 bits per heavy atom. The Bertz CT molecular complexity index is 504. The van der Waals surface area contributed by atoms with Gasteiger partial charge < -0.3 is 11.1 Å². The minimum Gasteiger partial charge on any atom is -0.370 e. The van der Waals surface area contributed by atoms with Crippen molar-refractivity contribution >= 4 is 23.5 Å². The zero-order valence-electron chi connectivity index (χ0n) is 10.00. The summed E-state index contributed by atoms with van der Waals surface area (Å²) in [6.45, 7) is 2.94. The second kappa shape index (κ2) is 6.15. The van der Waals surface area contributed by atoms with Gasteiger partial charge in [-0.1, -0.05) is 6.92 Å². The zero-order valence-corrected chi connectivity index (χ0v) is 10.8. The maximum atomic E-state index is 5.67. The second-order valence-electron chi connectivity index (χ2n) is 3.51. The van der Waals surface area contributed by atoms with Crippen LogP contribution in [0.4, 0.5) is 11.8 Å². The van der Waals surface area contributed by atoms with Gasteiger partial charge in [-0.15, -0.1) is 0 Å². The molecule has 2 aromatic rings. The molecule has 0 unspecified atom stereocenters. The quantitative estimate of drug-likeness (QED) is 0.627. The number of hydrogen-bond acceptors (Lipinski definition) is 7. The molecule has 0 fully saturated rings. The smallest absolute Gasteiger partial charge is 0.223 e. The summed E-state index contributed by atoms with van der Waals surface area (Å²) in [4.78, 5) is 16.5. The fourth-order valence-electron chi connectivity index (χ4n) is 1.27. The van der Waals surface area contributed by atoms with Gasteiger partial charge >= 0.3 is 0 Å². The van der Waals surface area contributed by atoms with E-state index in [2.05, 4.69) is 32.2 Å². The topological polar surface area (TPSA) is 89.6 Å². The lowest BCUT2D eigenvalue weighted by molar-refractivity contribution is 0.946. The molecule has 94 valence electrons. The van der Waals surface area contributed by atoms with Gasteiger partial charge in [0.1, 0.15) is 10.8 Å². The van der Waals surface area contributed by atoms with E-state index < -0.39 is 0 Å². The first kappa shape index (κ1) is 12.6. The number of nitrogens with one attached hydrogen (secondary N) is 1. The molecule has 7 heteroatoms. The van der Waals surface area contributed by atoms with Crippen molar-refractivity contribution < 1.29 is 0 Å². The first-order valence-electron chi connectivity index (χ1n) is 5.61. The molecule has 6 nitrogen and oxygen atoms in total. The van der Waals surface area contributed by atoms with Gasteiger partial charge in [-0.05, 0) is 24.2 Å². The molecule has 3 N–H and O–H groups in total. The van der Waals surface area contributed by atoms with Gasteiger partial charge in [0.2, 0.25) is 5.95 Å². The molecular formula is C11H14N6S. The van der Waals surface area contributed by atoms with Crippen LogP contribution in [0.2, 0.25) is 0 Å². The summed E-state index contributed by atoms with van der Waals surface area (Å²) in [5, 5.41) is 4.54. The Hall–Kier alpha value is -1.89. The third-order valence-corrected chi connectivity index (χ3v) is 2.83. The third kappa shape index (κ3) is 3.56. The van der Waals surface area contributed by atoms with Gasteiger partial charge in [0.15, 0.2) is 5.16 Å². The van der Waals surface area contributed by atoms with Crippen molar-refractivity contribution in [3.63, 3.8) is 0 Å². The molecule has 0 spiro atoms. The Morgan fingerprint density at radius 3 is 2.78 bits per heavy atom. The predicted molar refractivity (Wildman–Crippen MR) is 71.4 cm³/mol. The van der Waals surface area contributed by atoms with E-state index in [1.54, 1.807) is 18.5 Å². The molecule has 0 aromatic carbocycles. The van der Waals surface area contributed by atoms with E-state index in [0.29, 0.717) is 5.16 Å². The molecular weight excluding hydrogens is 248 g/mol. The number of nitrogen functional groups attached to an aromatic ring is 1. The van der Waals surface area contributed by atoms with Crippen LogP contribution < -0.4 is 11.1 Å². The van der Waals surface area contributed by atoms with E-state index in [0.717, 1.165) is 23.8 Å². The SMILES string of the molecule is CCCNc1cc(Sc2ncccn2)nc(N)n1. The summed E-state index contributed by atoms with van der Waals surface area (Å²) in [6, 6.07) is 3.61. The van der Waals surface area contributed by atoms with E-state index in [4.69, 9.17) is 5.73 Å². The van der Waals surface area contributed by atoms with E-state index in [9.17, 15) is 0 Å². The highest BCUT2D eigenvalue weighted by atomic mass is 32.2. The summed E-state index contributed by atoms with van der Waals surface area (Å²) in [5.41, 5.74) is 5.67. The van der Waals surface area contributed by atoms with Crippen LogP contribution in [0.1, 0.15) is 13.3 Å². The first-order chi connectivity index (χ1) is 8.78. The van der Waals surface area contributed by atoms with Crippen molar-refractivity contribution in [1.29, 1.82) is 0 Å².